The molecule has 0 radical (unpaired) electrons. The van der Waals surface area contributed by atoms with E-state index in [4.69, 9.17) is 5.73 Å². The van der Waals surface area contributed by atoms with Crippen molar-refractivity contribution in [3.8, 4) is 0 Å². The first-order valence-corrected chi connectivity index (χ1v) is 7.35. The zero-order chi connectivity index (χ0) is 12.3. The minimum atomic E-state index is 0.557. The van der Waals surface area contributed by atoms with Gasteiger partial charge in [-0.15, -0.1) is 0 Å². The van der Waals surface area contributed by atoms with Crippen molar-refractivity contribution in [3.05, 3.63) is 0 Å². The summed E-state index contributed by atoms with van der Waals surface area (Å²) in [5.74, 6) is 0.776. The summed E-state index contributed by atoms with van der Waals surface area (Å²) >= 11 is 0. The molecular weight excluding hydrogens is 210 g/mol. The van der Waals surface area contributed by atoms with E-state index in [0.29, 0.717) is 6.04 Å². The van der Waals surface area contributed by atoms with Crippen LogP contribution in [-0.4, -0.2) is 55.1 Å². The molecule has 3 heteroatoms. The predicted molar refractivity (Wildman–Crippen MR) is 73.1 cm³/mol. The highest BCUT2D eigenvalue weighted by Gasteiger charge is 2.29. The Morgan fingerprint density at radius 2 is 1.76 bits per heavy atom. The summed E-state index contributed by atoms with van der Waals surface area (Å²) in [6, 6.07) is 1.40. The van der Waals surface area contributed by atoms with Gasteiger partial charge in [0.05, 0.1) is 0 Å². The molecule has 2 fully saturated rings. The maximum Gasteiger partial charge on any atom is 0.0342 e. The van der Waals surface area contributed by atoms with Crippen LogP contribution in [0, 0.1) is 5.92 Å². The lowest BCUT2D eigenvalue weighted by atomic mass is 9.93. The van der Waals surface area contributed by atoms with E-state index in [0.717, 1.165) is 18.5 Å². The summed E-state index contributed by atoms with van der Waals surface area (Å²) in [5.41, 5.74) is 5.93. The number of hydrogen-bond acceptors (Lipinski definition) is 3. The second-order valence-corrected chi connectivity index (χ2v) is 6.18. The van der Waals surface area contributed by atoms with Crippen LogP contribution in [0.4, 0.5) is 0 Å². The third kappa shape index (κ3) is 3.43. The normalized spacial score (nSPS) is 34.8. The molecule has 0 bridgehead atoms. The first-order chi connectivity index (χ1) is 8.20. The van der Waals surface area contributed by atoms with Crippen LogP contribution in [0.1, 0.15) is 39.0 Å². The Bertz CT molecular complexity index is 226. The summed E-state index contributed by atoms with van der Waals surface area (Å²) < 4.78 is 0. The molecule has 1 saturated carbocycles. The van der Waals surface area contributed by atoms with Crippen molar-refractivity contribution >= 4 is 0 Å². The molecule has 1 saturated heterocycles. The maximum atomic E-state index is 5.93. The fraction of sp³-hybridized carbons (Fsp3) is 1.00. The number of nitrogens with two attached hydrogens (primary N) is 1. The van der Waals surface area contributed by atoms with Crippen molar-refractivity contribution in [2.24, 2.45) is 11.7 Å². The molecule has 1 aliphatic carbocycles. The molecule has 2 aliphatic rings. The zero-order valence-corrected chi connectivity index (χ0v) is 11.6. The molecule has 17 heavy (non-hydrogen) atoms. The molecule has 2 unspecified atom stereocenters. The van der Waals surface area contributed by atoms with E-state index in [-0.39, 0.29) is 0 Å². The molecule has 100 valence electrons. The molecule has 0 aromatic carbocycles. The molecule has 3 nitrogen and oxygen atoms in total. The average molecular weight is 239 g/mol. The third-order valence-corrected chi connectivity index (χ3v) is 4.58. The van der Waals surface area contributed by atoms with E-state index >= 15 is 0 Å². The first-order valence-electron chi connectivity index (χ1n) is 7.35. The maximum absolute atomic E-state index is 5.93. The highest BCUT2D eigenvalue weighted by Crippen LogP contribution is 2.25. The van der Waals surface area contributed by atoms with Gasteiger partial charge in [-0.25, -0.2) is 0 Å². The molecule has 2 rings (SSSR count). The summed E-state index contributed by atoms with van der Waals surface area (Å²) in [5, 5.41) is 0. The summed E-state index contributed by atoms with van der Waals surface area (Å²) in [6.45, 7) is 6.83. The van der Waals surface area contributed by atoms with Crippen molar-refractivity contribution in [3.63, 3.8) is 0 Å². The second kappa shape index (κ2) is 6.17. The lowest BCUT2D eigenvalue weighted by molar-refractivity contribution is 0.134. The molecule has 2 atom stereocenters. The van der Waals surface area contributed by atoms with Gasteiger partial charge in [-0.1, -0.05) is 26.2 Å². The Balaban J connectivity index is 1.99. The second-order valence-electron chi connectivity index (χ2n) is 6.18. The zero-order valence-electron chi connectivity index (χ0n) is 11.6. The van der Waals surface area contributed by atoms with Crippen molar-refractivity contribution in [1.82, 2.24) is 9.80 Å². The van der Waals surface area contributed by atoms with Crippen molar-refractivity contribution < 1.29 is 0 Å². The summed E-state index contributed by atoms with van der Waals surface area (Å²) in [7, 11) is 2.23. The lowest BCUT2D eigenvalue weighted by Crippen LogP contribution is -2.47. The van der Waals surface area contributed by atoms with Crippen LogP contribution in [0.15, 0.2) is 0 Å². The van der Waals surface area contributed by atoms with E-state index in [1.165, 1.54) is 51.7 Å². The smallest absolute Gasteiger partial charge is 0.0342 e. The Morgan fingerprint density at radius 1 is 1.06 bits per heavy atom. The monoisotopic (exact) mass is 239 g/mol. The number of likely N-dealkylation sites (N-methyl/N-ethyl adjacent to an activating group) is 1. The van der Waals surface area contributed by atoms with Crippen LogP contribution in [-0.2, 0) is 0 Å². The molecule has 0 aromatic rings. The minimum absolute atomic E-state index is 0.557. The highest BCUT2D eigenvalue weighted by atomic mass is 15.3. The molecule has 1 heterocycles. The lowest BCUT2D eigenvalue weighted by Gasteiger charge is -2.36. The molecule has 2 N–H and O–H groups in total. The van der Waals surface area contributed by atoms with Gasteiger partial charge in [0.25, 0.3) is 0 Å². The largest absolute Gasteiger partial charge is 0.329 e. The van der Waals surface area contributed by atoms with Gasteiger partial charge in [-0.2, -0.15) is 0 Å². The van der Waals surface area contributed by atoms with Gasteiger partial charge in [-0.05, 0) is 25.8 Å². The average Bonchev–Trinajstić information content (AvgIpc) is 2.48. The number of rotatable bonds is 2. The Morgan fingerprint density at radius 3 is 2.41 bits per heavy atom. The Labute approximate surface area is 106 Å². The highest BCUT2D eigenvalue weighted by molar-refractivity contribution is 4.86. The van der Waals surface area contributed by atoms with Crippen LogP contribution in [0.25, 0.3) is 0 Å². The quantitative estimate of drug-likeness (QED) is 0.793. The molecule has 0 spiro atoms. The topological polar surface area (TPSA) is 32.5 Å². The van der Waals surface area contributed by atoms with E-state index < -0.39 is 0 Å². The minimum Gasteiger partial charge on any atom is -0.329 e. The Kier molecular flexibility index (Phi) is 4.83. The van der Waals surface area contributed by atoms with Gasteiger partial charge >= 0.3 is 0 Å². The molecule has 0 amide bonds. The van der Waals surface area contributed by atoms with Crippen LogP contribution in [0.3, 0.4) is 0 Å². The van der Waals surface area contributed by atoms with E-state index in [1.807, 2.05) is 0 Å². The van der Waals surface area contributed by atoms with E-state index in [1.54, 1.807) is 0 Å². The fourth-order valence-corrected chi connectivity index (χ4v) is 3.58. The first kappa shape index (κ1) is 13.3. The fourth-order valence-electron chi connectivity index (χ4n) is 3.58. The van der Waals surface area contributed by atoms with Crippen LogP contribution in [0.5, 0.6) is 0 Å². The van der Waals surface area contributed by atoms with Gasteiger partial charge in [-0.3, -0.25) is 4.90 Å². The summed E-state index contributed by atoms with van der Waals surface area (Å²) in [4.78, 5) is 5.21. The van der Waals surface area contributed by atoms with E-state index in [9.17, 15) is 0 Å². The number of nitrogens with zero attached hydrogens (tertiary/aromatic N) is 2. The van der Waals surface area contributed by atoms with E-state index in [2.05, 4.69) is 23.8 Å². The summed E-state index contributed by atoms with van der Waals surface area (Å²) in [6.07, 6.45) is 7.12. The molecule has 0 aromatic heterocycles. The van der Waals surface area contributed by atoms with Crippen molar-refractivity contribution in [1.29, 1.82) is 0 Å². The standard InChI is InChI=1S/C14H29N3/c1-12-9-16(2)14(8-15)11-17(10-12)13-6-4-3-5-7-13/h12-14H,3-11,15H2,1-2H3. The van der Waals surface area contributed by atoms with Crippen LogP contribution in [0.2, 0.25) is 0 Å². The molecular formula is C14H29N3. The van der Waals surface area contributed by atoms with Gasteiger partial charge in [0, 0.05) is 38.3 Å². The van der Waals surface area contributed by atoms with Gasteiger partial charge < -0.3 is 10.6 Å². The molecule has 1 aliphatic heterocycles. The van der Waals surface area contributed by atoms with Gasteiger partial charge in [0.1, 0.15) is 0 Å². The van der Waals surface area contributed by atoms with Gasteiger partial charge in [0.2, 0.25) is 0 Å². The Hall–Kier alpha value is -0.120. The predicted octanol–water partition coefficient (Wildman–Crippen LogP) is 1.53. The van der Waals surface area contributed by atoms with Gasteiger partial charge in [0.15, 0.2) is 0 Å². The van der Waals surface area contributed by atoms with Crippen molar-refractivity contribution in [2.45, 2.75) is 51.1 Å². The van der Waals surface area contributed by atoms with Crippen LogP contribution >= 0.6 is 0 Å². The van der Waals surface area contributed by atoms with Crippen molar-refractivity contribution in [2.75, 3.05) is 33.2 Å². The number of hydrogen-bond donors (Lipinski definition) is 1. The SMILES string of the molecule is CC1CN(C)C(CN)CN(C2CCCCC2)C1. The van der Waals surface area contributed by atoms with Crippen LogP contribution < -0.4 is 5.73 Å². The third-order valence-electron chi connectivity index (χ3n) is 4.58.